The number of amides is 1. The van der Waals surface area contributed by atoms with Crippen molar-refractivity contribution in [3.8, 4) is 0 Å². The van der Waals surface area contributed by atoms with Crippen LogP contribution in [-0.2, 0) is 11.3 Å². The quantitative estimate of drug-likeness (QED) is 0.495. The van der Waals surface area contributed by atoms with Crippen molar-refractivity contribution in [1.82, 2.24) is 29.3 Å². The van der Waals surface area contributed by atoms with E-state index in [1.807, 2.05) is 45.3 Å². The molecule has 10 heteroatoms. The fraction of sp³-hybridized carbons (Fsp3) is 0.571. The van der Waals surface area contributed by atoms with Gasteiger partial charge in [0.2, 0.25) is 5.95 Å². The number of carbonyl (C=O) groups is 1. The van der Waals surface area contributed by atoms with Gasteiger partial charge in [-0.3, -0.25) is 0 Å². The first-order valence-electron chi connectivity index (χ1n) is 13.6. The molecule has 0 radical (unpaired) electrons. The number of piperazine rings is 1. The average molecular weight is 521 g/mol. The molecular weight excluding hydrogens is 480 g/mol. The van der Waals surface area contributed by atoms with Crippen LogP contribution in [0.15, 0.2) is 30.6 Å². The first-order chi connectivity index (χ1) is 18.2. The molecule has 2 aliphatic rings. The summed E-state index contributed by atoms with van der Waals surface area (Å²) in [6.07, 6.45) is 8.47. The molecule has 0 bridgehead atoms. The number of nitrogens with zero attached hydrogens (tertiary/aromatic N) is 7. The molecule has 5 rings (SSSR count). The van der Waals surface area contributed by atoms with Crippen LogP contribution in [0.2, 0.25) is 0 Å². The summed E-state index contributed by atoms with van der Waals surface area (Å²) in [5.74, 6) is 1.26. The van der Waals surface area contributed by atoms with Crippen LogP contribution in [0, 0.1) is 0 Å². The Hall–Kier alpha value is -3.40. The maximum absolute atomic E-state index is 12.3. The molecule has 1 amide bonds. The number of anilines is 3. The van der Waals surface area contributed by atoms with Crippen molar-refractivity contribution in [2.75, 3.05) is 50.5 Å². The Kier molecular flexibility index (Phi) is 7.43. The van der Waals surface area contributed by atoms with Crippen molar-refractivity contribution in [3.63, 3.8) is 0 Å². The van der Waals surface area contributed by atoms with Gasteiger partial charge in [-0.1, -0.05) is 12.8 Å². The highest BCUT2D eigenvalue weighted by atomic mass is 16.6. The molecule has 38 heavy (non-hydrogen) atoms. The van der Waals surface area contributed by atoms with Crippen LogP contribution in [0.3, 0.4) is 0 Å². The number of hydrogen-bond acceptors (Lipinski definition) is 8. The summed E-state index contributed by atoms with van der Waals surface area (Å²) < 4.78 is 7.94. The maximum Gasteiger partial charge on any atom is 0.410 e. The van der Waals surface area contributed by atoms with Gasteiger partial charge in [-0.05, 0) is 65.9 Å². The van der Waals surface area contributed by atoms with Crippen molar-refractivity contribution in [3.05, 3.63) is 36.3 Å². The number of ether oxygens (including phenoxy) is 1. The van der Waals surface area contributed by atoms with Crippen LogP contribution < -0.4 is 10.2 Å². The number of pyridine rings is 1. The highest BCUT2D eigenvalue weighted by molar-refractivity contribution is 5.78. The third-order valence-corrected chi connectivity index (χ3v) is 7.11. The van der Waals surface area contributed by atoms with Crippen molar-refractivity contribution in [2.24, 2.45) is 0 Å². The van der Waals surface area contributed by atoms with Crippen molar-refractivity contribution in [1.29, 1.82) is 0 Å². The molecular formula is C28H40N8O2. The third kappa shape index (κ3) is 6.01. The molecule has 0 spiro atoms. The van der Waals surface area contributed by atoms with Crippen molar-refractivity contribution >= 4 is 34.6 Å². The maximum atomic E-state index is 12.3. The number of carbonyl (C=O) groups excluding carboxylic acids is 1. The van der Waals surface area contributed by atoms with E-state index < -0.39 is 5.60 Å². The summed E-state index contributed by atoms with van der Waals surface area (Å²) in [5, 5.41) is 4.37. The van der Waals surface area contributed by atoms with Crippen LogP contribution in [0.4, 0.5) is 22.2 Å². The fourth-order valence-corrected chi connectivity index (χ4v) is 5.37. The monoisotopic (exact) mass is 520 g/mol. The highest BCUT2D eigenvalue weighted by Crippen LogP contribution is 2.35. The molecule has 2 fully saturated rings. The summed E-state index contributed by atoms with van der Waals surface area (Å²) in [5.41, 5.74) is 2.83. The minimum Gasteiger partial charge on any atom is -0.444 e. The van der Waals surface area contributed by atoms with Crippen LogP contribution in [0.5, 0.6) is 0 Å². The smallest absolute Gasteiger partial charge is 0.410 e. The van der Waals surface area contributed by atoms with E-state index in [-0.39, 0.29) is 6.09 Å². The lowest BCUT2D eigenvalue weighted by Crippen LogP contribution is -2.50. The Balaban J connectivity index is 1.26. The molecule has 4 heterocycles. The Morgan fingerprint density at radius 2 is 1.82 bits per heavy atom. The third-order valence-electron chi connectivity index (χ3n) is 7.11. The first kappa shape index (κ1) is 26.2. The SMILES string of the molecule is CN(C)Cc1cc2cnc(Nc3ccc(N4CCN(C(=O)OC(C)(C)C)CC4)cn3)nc2n1C1CCCC1. The number of aromatic nitrogens is 4. The summed E-state index contributed by atoms with van der Waals surface area (Å²) in [6.45, 7) is 9.27. The molecule has 1 aliphatic heterocycles. The molecule has 1 N–H and O–H groups in total. The second-order valence-electron chi connectivity index (χ2n) is 11.6. The molecule has 3 aromatic heterocycles. The van der Waals surface area contributed by atoms with E-state index in [4.69, 9.17) is 9.72 Å². The largest absolute Gasteiger partial charge is 0.444 e. The van der Waals surface area contributed by atoms with Gasteiger partial charge in [-0.15, -0.1) is 0 Å². The summed E-state index contributed by atoms with van der Waals surface area (Å²) >= 11 is 0. The van der Waals surface area contributed by atoms with E-state index in [1.165, 1.54) is 31.4 Å². The van der Waals surface area contributed by atoms with Crippen LogP contribution in [0.25, 0.3) is 11.0 Å². The van der Waals surface area contributed by atoms with E-state index in [0.717, 1.165) is 36.4 Å². The van der Waals surface area contributed by atoms with Crippen LogP contribution in [-0.4, -0.2) is 81.3 Å². The molecule has 3 aromatic rings. The van der Waals surface area contributed by atoms with Gasteiger partial charge >= 0.3 is 6.09 Å². The van der Waals surface area contributed by atoms with E-state index in [1.54, 1.807) is 4.90 Å². The minimum atomic E-state index is -0.483. The van der Waals surface area contributed by atoms with E-state index >= 15 is 0 Å². The van der Waals surface area contributed by atoms with Gasteiger partial charge in [0.1, 0.15) is 17.1 Å². The first-order valence-corrected chi connectivity index (χ1v) is 13.6. The van der Waals surface area contributed by atoms with Gasteiger partial charge < -0.3 is 29.3 Å². The number of nitrogens with one attached hydrogen (secondary N) is 1. The van der Waals surface area contributed by atoms with Gasteiger partial charge in [0.15, 0.2) is 0 Å². The lowest BCUT2D eigenvalue weighted by atomic mass is 10.2. The highest BCUT2D eigenvalue weighted by Gasteiger charge is 2.26. The lowest BCUT2D eigenvalue weighted by Gasteiger charge is -2.36. The predicted molar refractivity (Wildman–Crippen MR) is 150 cm³/mol. The minimum absolute atomic E-state index is 0.250. The van der Waals surface area contributed by atoms with Gasteiger partial charge in [-0.25, -0.2) is 14.8 Å². The van der Waals surface area contributed by atoms with Gasteiger partial charge in [0, 0.05) is 56.0 Å². The second-order valence-corrected chi connectivity index (χ2v) is 11.6. The zero-order valence-corrected chi connectivity index (χ0v) is 23.3. The molecule has 10 nitrogen and oxygen atoms in total. The Bertz CT molecular complexity index is 1250. The van der Waals surface area contributed by atoms with Crippen LogP contribution in [0.1, 0.15) is 58.2 Å². The molecule has 0 aromatic carbocycles. The fourth-order valence-electron chi connectivity index (χ4n) is 5.37. The Labute approximate surface area is 225 Å². The van der Waals surface area contributed by atoms with E-state index in [2.05, 4.69) is 49.8 Å². The van der Waals surface area contributed by atoms with Gasteiger partial charge in [-0.2, -0.15) is 4.98 Å². The van der Waals surface area contributed by atoms with E-state index in [0.29, 0.717) is 30.9 Å². The second kappa shape index (κ2) is 10.8. The molecule has 1 aliphatic carbocycles. The van der Waals surface area contributed by atoms with Crippen molar-refractivity contribution in [2.45, 2.75) is 64.6 Å². The topological polar surface area (TPSA) is 91.7 Å². The molecule has 1 saturated heterocycles. The molecule has 204 valence electrons. The molecule has 0 unspecified atom stereocenters. The van der Waals surface area contributed by atoms with Crippen LogP contribution >= 0.6 is 0 Å². The molecule has 1 saturated carbocycles. The standard InChI is InChI=1S/C28H40N8O2/c1-28(2,3)38-27(37)35-14-12-34(13-15-35)22-10-11-24(29-18-22)31-26-30-17-20-16-23(19-33(4)5)36(25(20)32-26)21-8-6-7-9-21/h10-11,16-18,21H,6-9,12-15,19H2,1-5H3,(H,29,30,31,32). The summed E-state index contributed by atoms with van der Waals surface area (Å²) in [6, 6.07) is 6.73. The Morgan fingerprint density at radius 3 is 2.45 bits per heavy atom. The Morgan fingerprint density at radius 1 is 1.08 bits per heavy atom. The van der Waals surface area contributed by atoms with Crippen molar-refractivity contribution < 1.29 is 9.53 Å². The molecule has 0 atom stereocenters. The predicted octanol–water partition coefficient (Wildman–Crippen LogP) is 4.80. The summed E-state index contributed by atoms with van der Waals surface area (Å²) in [4.78, 5) is 32.7. The van der Waals surface area contributed by atoms with E-state index in [9.17, 15) is 4.79 Å². The lowest BCUT2D eigenvalue weighted by molar-refractivity contribution is 0.0240. The zero-order valence-electron chi connectivity index (χ0n) is 23.3. The normalized spacial score (nSPS) is 17.0. The zero-order chi connectivity index (χ0) is 26.9. The van der Waals surface area contributed by atoms with Gasteiger partial charge in [0.05, 0.1) is 11.9 Å². The average Bonchev–Trinajstić information content (AvgIpc) is 3.50. The number of fused-ring (bicyclic) bond motifs is 1. The number of hydrogen-bond donors (Lipinski definition) is 1. The van der Waals surface area contributed by atoms with Gasteiger partial charge in [0.25, 0.3) is 0 Å². The number of rotatable bonds is 6. The summed E-state index contributed by atoms with van der Waals surface area (Å²) in [7, 11) is 4.21.